The van der Waals surface area contributed by atoms with Crippen LogP contribution in [0.3, 0.4) is 0 Å². The number of carbonyl (C=O) groups excluding carboxylic acids is 1. The van der Waals surface area contributed by atoms with Crippen LogP contribution in [0.2, 0.25) is 0 Å². The van der Waals surface area contributed by atoms with E-state index >= 15 is 0 Å². The van der Waals surface area contributed by atoms with Crippen LogP contribution >= 0.6 is 0 Å². The van der Waals surface area contributed by atoms with Crippen molar-refractivity contribution < 1.29 is 19.0 Å². The third kappa shape index (κ3) is 1.84. The van der Waals surface area contributed by atoms with Gasteiger partial charge < -0.3 is 18.6 Å². The van der Waals surface area contributed by atoms with Gasteiger partial charge in [0.15, 0.2) is 11.4 Å². The molecule has 6 nitrogen and oxygen atoms in total. The van der Waals surface area contributed by atoms with Gasteiger partial charge in [-0.15, -0.1) is 0 Å². The highest BCUT2D eigenvalue weighted by Crippen LogP contribution is 2.48. The van der Waals surface area contributed by atoms with Crippen molar-refractivity contribution in [2.45, 2.75) is 18.4 Å². The summed E-state index contributed by atoms with van der Waals surface area (Å²) in [6.45, 7) is 0. The second-order valence-corrected chi connectivity index (χ2v) is 4.84. The van der Waals surface area contributed by atoms with Crippen LogP contribution in [-0.4, -0.2) is 36.7 Å². The average Bonchev–Trinajstić information content (AvgIpc) is 3.17. The summed E-state index contributed by atoms with van der Waals surface area (Å²) in [5, 5.41) is 0. The van der Waals surface area contributed by atoms with Crippen LogP contribution in [-0.2, 0) is 15.1 Å². The zero-order chi connectivity index (χ0) is 14.3. The number of carbonyl (C=O) groups is 1. The molecule has 2 aromatic rings. The van der Waals surface area contributed by atoms with E-state index in [1.807, 2.05) is 6.20 Å². The molecule has 0 atom stereocenters. The fourth-order valence-corrected chi connectivity index (χ4v) is 2.34. The molecule has 1 saturated carbocycles. The Kier molecular flexibility index (Phi) is 2.90. The lowest BCUT2D eigenvalue weighted by Gasteiger charge is -2.08. The maximum atomic E-state index is 11.7. The molecular weight excluding hydrogens is 260 g/mol. The van der Waals surface area contributed by atoms with Gasteiger partial charge in [0.05, 0.1) is 25.5 Å². The standard InChI is InChI=1S/C14H16N2O4/c1-18-10-6-9(13(17)19-2)7-16-8-11(15-12(10)16)14(20-3)4-5-14/h6-8H,4-5H2,1-3H3. The molecule has 0 unspecified atom stereocenters. The van der Waals surface area contributed by atoms with Crippen molar-refractivity contribution in [2.75, 3.05) is 21.3 Å². The number of hydrogen-bond acceptors (Lipinski definition) is 5. The highest BCUT2D eigenvalue weighted by atomic mass is 16.5. The van der Waals surface area contributed by atoms with E-state index in [1.165, 1.54) is 7.11 Å². The van der Waals surface area contributed by atoms with Crippen molar-refractivity contribution in [2.24, 2.45) is 0 Å². The third-order valence-electron chi connectivity index (χ3n) is 3.72. The Morgan fingerprint density at radius 2 is 2.05 bits per heavy atom. The molecule has 0 N–H and O–H groups in total. The molecule has 6 heteroatoms. The summed E-state index contributed by atoms with van der Waals surface area (Å²) in [5.74, 6) is 0.124. The highest BCUT2D eigenvalue weighted by molar-refractivity contribution is 5.90. The molecule has 106 valence electrons. The van der Waals surface area contributed by atoms with E-state index in [4.69, 9.17) is 14.2 Å². The summed E-state index contributed by atoms with van der Waals surface area (Å²) in [4.78, 5) is 16.2. The first-order chi connectivity index (χ1) is 9.63. The van der Waals surface area contributed by atoms with E-state index in [9.17, 15) is 4.79 Å². The molecule has 1 aliphatic carbocycles. The molecule has 0 radical (unpaired) electrons. The first-order valence-electron chi connectivity index (χ1n) is 6.34. The molecule has 1 fully saturated rings. The molecule has 0 aliphatic heterocycles. The minimum Gasteiger partial charge on any atom is -0.493 e. The lowest BCUT2D eigenvalue weighted by atomic mass is 10.2. The van der Waals surface area contributed by atoms with E-state index in [2.05, 4.69) is 4.98 Å². The molecule has 2 aromatic heterocycles. The Morgan fingerprint density at radius 3 is 2.60 bits per heavy atom. The largest absolute Gasteiger partial charge is 0.493 e. The van der Waals surface area contributed by atoms with Gasteiger partial charge in [-0.05, 0) is 18.9 Å². The molecule has 1 aliphatic rings. The number of fused-ring (bicyclic) bond motifs is 1. The van der Waals surface area contributed by atoms with Crippen LogP contribution in [0.4, 0.5) is 0 Å². The van der Waals surface area contributed by atoms with Gasteiger partial charge in [-0.1, -0.05) is 0 Å². The van der Waals surface area contributed by atoms with Crippen molar-refractivity contribution >= 4 is 11.6 Å². The Bertz CT molecular complexity index is 673. The maximum Gasteiger partial charge on any atom is 0.339 e. The average molecular weight is 276 g/mol. The summed E-state index contributed by atoms with van der Waals surface area (Å²) in [6.07, 6.45) is 5.48. The van der Waals surface area contributed by atoms with Crippen molar-refractivity contribution in [1.29, 1.82) is 0 Å². The predicted molar refractivity (Wildman–Crippen MR) is 71.0 cm³/mol. The summed E-state index contributed by atoms with van der Waals surface area (Å²) in [7, 11) is 4.59. The van der Waals surface area contributed by atoms with Gasteiger partial charge in [0.2, 0.25) is 0 Å². The Labute approximate surface area is 116 Å². The van der Waals surface area contributed by atoms with Gasteiger partial charge in [0.1, 0.15) is 5.60 Å². The molecular formula is C14H16N2O4. The van der Waals surface area contributed by atoms with E-state index < -0.39 is 5.97 Å². The number of aromatic nitrogens is 2. The summed E-state index contributed by atoms with van der Waals surface area (Å²) >= 11 is 0. The number of nitrogens with zero attached hydrogens (tertiary/aromatic N) is 2. The minimum absolute atomic E-state index is 0.275. The fraction of sp³-hybridized carbons (Fsp3) is 0.429. The van der Waals surface area contributed by atoms with Gasteiger partial charge in [-0.2, -0.15) is 0 Å². The summed E-state index contributed by atoms with van der Waals surface area (Å²) in [5.41, 5.74) is 1.67. The van der Waals surface area contributed by atoms with Crippen LogP contribution in [0.25, 0.3) is 5.65 Å². The fourth-order valence-electron chi connectivity index (χ4n) is 2.34. The molecule has 3 rings (SSSR count). The van der Waals surface area contributed by atoms with Gasteiger partial charge in [0.25, 0.3) is 0 Å². The number of hydrogen-bond donors (Lipinski definition) is 0. The van der Waals surface area contributed by atoms with Gasteiger partial charge in [-0.3, -0.25) is 0 Å². The van der Waals surface area contributed by atoms with E-state index in [1.54, 1.807) is 30.9 Å². The molecule has 0 bridgehead atoms. The number of imidazole rings is 1. The SMILES string of the molecule is COC(=O)c1cc(OC)c2nc(C3(OC)CC3)cn2c1. The Balaban J connectivity index is 2.15. The second-order valence-electron chi connectivity index (χ2n) is 4.84. The molecule has 2 heterocycles. The van der Waals surface area contributed by atoms with Crippen LogP contribution < -0.4 is 4.74 Å². The first kappa shape index (κ1) is 12.9. The van der Waals surface area contributed by atoms with Crippen LogP contribution in [0, 0.1) is 0 Å². The van der Waals surface area contributed by atoms with Gasteiger partial charge >= 0.3 is 5.97 Å². The van der Waals surface area contributed by atoms with Crippen molar-refractivity contribution in [3.63, 3.8) is 0 Å². The zero-order valence-electron chi connectivity index (χ0n) is 11.7. The Morgan fingerprint density at radius 1 is 1.30 bits per heavy atom. The van der Waals surface area contributed by atoms with Crippen LogP contribution in [0.5, 0.6) is 5.75 Å². The summed E-state index contributed by atoms with van der Waals surface area (Å²) < 4.78 is 17.4. The highest BCUT2D eigenvalue weighted by Gasteiger charge is 2.47. The molecule has 0 spiro atoms. The monoisotopic (exact) mass is 276 g/mol. The maximum absolute atomic E-state index is 11.7. The number of ether oxygens (including phenoxy) is 3. The van der Waals surface area contributed by atoms with E-state index in [0.29, 0.717) is 17.0 Å². The zero-order valence-corrected chi connectivity index (χ0v) is 11.7. The smallest absolute Gasteiger partial charge is 0.339 e. The molecule has 20 heavy (non-hydrogen) atoms. The van der Waals surface area contributed by atoms with Crippen LogP contribution in [0.15, 0.2) is 18.5 Å². The number of rotatable bonds is 4. The quantitative estimate of drug-likeness (QED) is 0.796. The van der Waals surface area contributed by atoms with Gasteiger partial charge in [0, 0.05) is 19.5 Å². The molecule has 0 saturated heterocycles. The Hall–Kier alpha value is -2.08. The topological polar surface area (TPSA) is 62.1 Å². The summed E-state index contributed by atoms with van der Waals surface area (Å²) in [6, 6.07) is 1.63. The predicted octanol–water partition coefficient (Wildman–Crippen LogP) is 1.76. The number of esters is 1. The lowest BCUT2D eigenvalue weighted by Crippen LogP contribution is -2.08. The molecule has 0 aromatic carbocycles. The third-order valence-corrected chi connectivity index (χ3v) is 3.72. The number of pyridine rings is 1. The van der Waals surface area contributed by atoms with E-state index in [0.717, 1.165) is 18.5 Å². The number of methoxy groups -OCH3 is 3. The first-order valence-corrected chi connectivity index (χ1v) is 6.34. The lowest BCUT2D eigenvalue weighted by molar-refractivity contribution is 0.0599. The van der Waals surface area contributed by atoms with Crippen LogP contribution in [0.1, 0.15) is 28.9 Å². The van der Waals surface area contributed by atoms with Gasteiger partial charge in [-0.25, -0.2) is 9.78 Å². The van der Waals surface area contributed by atoms with E-state index in [-0.39, 0.29) is 5.60 Å². The second kappa shape index (κ2) is 4.49. The van der Waals surface area contributed by atoms with Crippen molar-refractivity contribution in [3.05, 3.63) is 29.7 Å². The van der Waals surface area contributed by atoms with Crippen molar-refractivity contribution in [1.82, 2.24) is 9.38 Å². The normalized spacial score (nSPS) is 16.1. The van der Waals surface area contributed by atoms with Crippen molar-refractivity contribution in [3.8, 4) is 5.75 Å². The minimum atomic E-state index is -0.409. The molecule has 0 amide bonds.